The van der Waals surface area contributed by atoms with Crippen LogP contribution in [0.3, 0.4) is 0 Å². The first-order valence-corrected chi connectivity index (χ1v) is 6.13. The number of rotatable bonds is 3. The fraction of sp³-hybridized carbons (Fsp3) is 0.462. The number of hydrogen-bond donors (Lipinski definition) is 1. The molecule has 0 saturated heterocycles. The highest BCUT2D eigenvalue weighted by atomic mass is 16.6. The Morgan fingerprint density at radius 3 is 2.84 bits per heavy atom. The predicted octanol–water partition coefficient (Wildman–Crippen LogP) is 2.17. The van der Waals surface area contributed by atoms with Crippen LogP contribution in [-0.2, 0) is 11.2 Å². The van der Waals surface area contributed by atoms with E-state index in [2.05, 4.69) is 5.32 Å². The van der Waals surface area contributed by atoms with Gasteiger partial charge in [0.2, 0.25) is 0 Å². The van der Waals surface area contributed by atoms with Gasteiger partial charge in [-0.2, -0.15) is 0 Å². The molecule has 1 aliphatic rings. The molecule has 0 fully saturated rings. The van der Waals surface area contributed by atoms with Crippen LogP contribution >= 0.6 is 0 Å². The Morgan fingerprint density at radius 2 is 2.26 bits per heavy atom. The normalized spacial score (nSPS) is 17.9. The minimum atomic E-state index is -0.423. The average Bonchev–Trinajstić information content (AvgIpc) is 2.59. The maximum atomic E-state index is 11.4. The van der Waals surface area contributed by atoms with Crippen molar-refractivity contribution < 1.29 is 14.5 Å². The van der Waals surface area contributed by atoms with E-state index in [0.717, 1.165) is 5.69 Å². The number of carbonyl (C=O) groups is 1. The number of ether oxygens (including phenoxy) is 1. The number of carbonyl (C=O) groups excluding carboxylic acids is 1. The second-order valence-electron chi connectivity index (χ2n) is 4.63. The molecule has 6 heteroatoms. The number of nitrogens with one attached hydrogen (secondary N) is 1. The zero-order valence-corrected chi connectivity index (χ0v) is 10.9. The molecule has 0 spiro atoms. The fourth-order valence-corrected chi connectivity index (χ4v) is 2.40. The molecule has 0 amide bonds. The number of Topliss-reactive ketones (excluding diaryl/α,β-unsaturated/α-hetero) is 1. The Hall–Kier alpha value is -2.11. The van der Waals surface area contributed by atoms with Gasteiger partial charge in [-0.15, -0.1) is 0 Å². The first kappa shape index (κ1) is 13.3. The van der Waals surface area contributed by atoms with Crippen LogP contribution in [-0.4, -0.2) is 24.4 Å². The van der Waals surface area contributed by atoms with Gasteiger partial charge in [-0.1, -0.05) is 0 Å². The third-order valence-electron chi connectivity index (χ3n) is 3.50. The summed E-state index contributed by atoms with van der Waals surface area (Å²) in [5.74, 6) is 0.264. The molecule has 1 aliphatic heterocycles. The second kappa shape index (κ2) is 5.26. The van der Waals surface area contributed by atoms with Crippen LogP contribution in [0, 0.1) is 16.0 Å². The van der Waals surface area contributed by atoms with Gasteiger partial charge in [-0.3, -0.25) is 14.9 Å². The molecule has 0 bridgehead atoms. The topological polar surface area (TPSA) is 81.5 Å². The number of ketones is 1. The summed E-state index contributed by atoms with van der Waals surface area (Å²) in [6, 6.07) is 3.35. The van der Waals surface area contributed by atoms with Crippen molar-refractivity contribution >= 4 is 17.2 Å². The molecule has 1 aromatic rings. The molecular weight excluding hydrogens is 248 g/mol. The number of methoxy groups -OCH3 is 1. The summed E-state index contributed by atoms with van der Waals surface area (Å²) in [4.78, 5) is 22.2. The fourth-order valence-electron chi connectivity index (χ4n) is 2.40. The monoisotopic (exact) mass is 264 g/mol. The van der Waals surface area contributed by atoms with E-state index in [-0.39, 0.29) is 23.1 Å². The summed E-state index contributed by atoms with van der Waals surface area (Å²) in [6.07, 6.45) is 1.11. The van der Waals surface area contributed by atoms with Gasteiger partial charge in [0.25, 0.3) is 0 Å². The zero-order valence-electron chi connectivity index (χ0n) is 10.9. The minimum absolute atomic E-state index is 0.00305. The zero-order chi connectivity index (χ0) is 14.0. The van der Waals surface area contributed by atoms with Gasteiger partial charge in [0.15, 0.2) is 5.75 Å². The summed E-state index contributed by atoms with van der Waals surface area (Å²) in [5.41, 5.74) is 1.33. The van der Waals surface area contributed by atoms with Gasteiger partial charge in [-0.25, -0.2) is 0 Å². The molecule has 0 aliphatic carbocycles. The van der Waals surface area contributed by atoms with Crippen LogP contribution in [0.5, 0.6) is 5.75 Å². The van der Waals surface area contributed by atoms with E-state index < -0.39 is 4.92 Å². The molecule has 1 unspecified atom stereocenters. The molecular formula is C13H16N2O4. The van der Waals surface area contributed by atoms with Crippen LogP contribution in [0.4, 0.5) is 11.4 Å². The summed E-state index contributed by atoms with van der Waals surface area (Å²) in [5, 5.41) is 14.3. The van der Waals surface area contributed by atoms with Gasteiger partial charge in [-0.05, 0) is 31.9 Å². The van der Waals surface area contributed by atoms with Crippen LogP contribution in [0.15, 0.2) is 12.1 Å². The highest BCUT2D eigenvalue weighted by Gasteiger charge is 2.28. The van der Waals surface area contributed by atoms with Gasteiger partial charge in [0, 0.05) is 18.2 Å². The standard InChI is InChI=1S/C13H16N2O4/c1-8(16)9-3-4-10-11(14-7-9)5-6-12(19-2)13(10)15(17)18/h5-6,9,14H,3-4,7H2,1-2H3. The smallest absolute Gasteiger partial charge is 0.316 e. The number of nitro groups is 1. The van der Waals surface area contributed by atoms with Crippen molar-refractivity contribution in [3.8, 4) is 5.75 Å². The van der Waals surface area contributed by atoms with Crippen LogP contribution < -0.4 is 10.1 Å². The van der Waals surface area contributed by atoms with Crippen molar-refractivity contribution in [1.82, 2.24) is 0 Å². The highest BCUT2D eigenvalue weighted by molar-refractivity contribution is 5.79. The van der Waals surface area contributed by atoms with Gasteiger partial charge < -0.3 is 10.1 Å². The first-order chi connectivity index (χ1) is 9.04. The summed E-state index contributed by atoms with van der Waals surface area (Å²) in [7, 11) is 1.41. The maximum Gasteiger partial charge on any atom is 0.316 e. The van der Waals surface area contributed by atoms with E-state index in [9.17, 15) is 14.9 Å². The predicted molar refractivity (Wildman–Crippen MR) is 70.6 cm³/mol. The lowest BCUT2D eigenvalue weighted by atomic mass is 9.97. The second-order valence-corrected chi connectivity index (χ2v) is 4.63. The summed E-state index contributed by atoms with van der Waals surface area (Å²) in [6.45, 7) is 2.07. The molecule has 1 heterocycles. The number of nitrogens with zero attached hydrogens (tertiary/aromatic N) is 1. The molecule has 1 atom stereocenters. The van der Waals surface area contributed by atoms with E-state index in [0.29, 0.717) is 24.9 Å². The lowest BCUT2D eigenvalue weighted by Gasteiger charge is -2.11. The maximum absolute atomic E-state index is 11.4. The van der Waals surface area contributed by atoms with Crippen molar-refractivity contribution in [2.24, 2.45) is 5.92 Å². The van der Waals surface area contributed by atoms with Crippen molar-refractivity contribution in [3.63, 3.8) is 0 Å². The Balaban J connectivity index is 2.44. The number of nitro benzene ring substituents is 1. The largest absolute Gasteiger partial charge is 0.490 e. The molecule has 0 saturated carbocycles. The van der Waals surface area contributed by atoms with Gasteiger partial charge in [0.1, 0.15) is 5.78 Å². The van der Waals surface area contributed by atoms with E-state index >= 15 is 0 Å². The molecule has 102 valence electrons. The Bertz CT molecular complexity index is 528. The lowest BCUT2D eigenvalue weighted by molar-refractivity contribution is -0.386. The van der Waals surface area contributed by atoms with Crippen LogP contribution in [0.1, 0.15) is 18.9 Å². The van der Waals surface area contributed by atoms with Crippen molar-refractivity contribution in [2.75, 3.05) is 19.0 Å². The van der Waals surface area contributed by atoms with Crippen LogP contribution in [0.2, 0.25) is 0 Å². The average molecular weight is 264 g/mol. The van der Waals surface area contributed by atoms with E-state index in [1.165, 1.54) is 7.11 Å². The van der Waals surface area contributed by atoms with Gasteiger partial charge in [0.05, 0.1) is 17.6 Å². The number of fused-ring (bicyclic) bond motifs is 1. The van der Waals surface area contributed by atoms with Gasteiger partial charge >= 0.3 is 5.69 Å². The Kier molecular flexibility index (Phi) is 3.69. The Labute approximate surface area is 110 Å². The minimum Gasteiger partial charge on any atom is -0.490 e. The van der Waals surface area contributed by atoms with Crippen molar-refractivity contribution in [1.29, 1.82) is 0 Å². The van der Waals surface area contributed by atoms with E-state index in [4.69, 9.17) is 4.74 Å². The molecule has 2 rings (SSSR count). The first-order valence-electron chi connectivity index (χ1n) is 6.13. The van der Waals surface area contributed by atoms with E-state index in [1.807, 2.05) is 0 Å². The molecule has 1 N–H and O–H groups in total. The highest BCUT2D eigenvalue weighted by Crippen LogP contribution is 2.38. The molecule has 1 aromatic carbocycles. The molecule has 0 radical (unpaired) electrons. The Morgan fingerprint density at radius 1 is 1.53 bits per heavy atom. The third-order valence-corrected chi connectivity index (χ3v) is 3.50. The third kappa shape index (κ3) is 2.52. The van der Waals surface area contributed by atoms with Crippen LogP contribution in [0.25, 0.3) is 0 Å². The van der Waals surface area contributed by atoms with Crippen molar-refractivity contribution in [3.05, 3.63) is 27.8 Å². The lowest BCUT2D eigenvalue weighted by Crippen LogP contribution is -2.19. The molecule has 0 aromatic heterocycles. The summed E-state index contributed by atoms with van der Waals surface area (Å²) < 4.78 is 5.05. The SMILES string of the molecule is COc1ccc2c(c1[N+](=O)[O-])CCC(C(C)=O)CN2. The molecule has 6 nitrogen and oxygen atoms in total. The number of hydrogen-bond acceptors (Lipinski definition) is 5. The van der Waals surface area contributed by atoms with Crippen molar-refractivity contribution in [2.45, 2.75) is 19.8 Å². The van der Waals surface area contributed by atoms with E-state index in [1.54, 1.807) is 19.1 Å². The number of anilines is 1. The molecule has 19 heavy (non-hydrogen) atoms. The summed E-state index contributed by atoms with van der Waals surface area (Å²) >= 11 is 0. The quantitative estimate of drug-likeness (QED) is 0.668. The number of benzene rings is 1.